The highest BCUT2D eigenvalue weighted by Gasteiger charge is 2.34. The molecule has 3 rings (SSSR count). The third-order valence-corrected chi connectivity index (χ3v) is 7.45. The summed E-state index contributed by atoms with van der Waals surface area (Å²) in [5.41, 5.74) is 0.536. The molecule has 8 nitrogen and oxygen atoms in total. The molecule has 1 heterocycles. The maximum Gasteiger partial charge on any atom is 0.310 e. The van der Waals surface area contributed by atoms with Gasteiger partial charge in [-0.25, -0.2) is 17.2 Å². The molecule has 0 bridgehead atoms. The predicted molar refractivity (Wildman–Crippen MR) is 118 cm³/mol. The Morgan fingerprint density at radius 3 is 2.50 bits per heavy atom. The van der Waals surface area contributed by atoms with Crippen LogP contribution in [-0.2, 0) is 30.9 Å². The van der Waals surface area contributed by atoms with Crippen LogP contribution in [0, 0.1) is 17.6 Å². The maximum absolute atomic E-state index is 13.8. The van der Waals surface area contributed by atoms with Gasteiger partial charge in [0.05, 0.1) is 17.9 Å². The first-order valence-corrected chi connectivity index (χ1v) is 12.0. The first-order chi connectivity index (χ1) is 16.1. The van der Waals surface area contributed by atoms with E-state index in [1.807, 2.05) is 0 Å². The molecule has 184 valence electrons. The second-order valence-corrected chi connectivity index (χ2v) is 9.92. The maximum atomic E-state index is 13.8. The molecule has 0 aromatic heterocycles. The van der Waals surface area contributed by atoms with Crippen LogP contribution in [0.2, 0.25) is 0 Å². The van der Waals surface area contributed by atoms with Gasteiger partial charge in [0, 0.05) is 26.7 Å². The second kappa shape index (κ2) is 10.9. The van der Waals surface area contributed by atoms with Gasteiger partial charge in [0.2, 0.25) is 10.0 Å². The van der Waals surface area contributed by atoms with E-state index in [0.717, 1.165) is 12.1 Å². The molecule has 1 aliphatic heterocycles. The quantitative estimate of drug-likeness (QED) is 0.522. The van der Waals surface area contributed by atoms with Crippen molar-refractivity contribution in [1.29, 1.82) is 0 Å². The molecule has 1 atom stereocenters. The number of hydrogen-bond donors (Lipinski definition) is 0. The first-order valence-electron chi connectivity index (χ1n) is 10.6. The van der Waals surface area contributed by atoms with Crippen molar-refractivity contribution < 1.29 is 36.3 Å². The number of methoxy groups -OCH3 is 1. The van der Waals surface area contributed by atoms with Crippen molar-refractivity contribution in [3.63, 3.8) is 0 Å². The van der Waals surface area contributed by atoms with Crippen LogP contribution in [0.1, 0.15) is 18.4 Å². The Balaban J connectivity index is 1.54. The lowest BCUT2D eigenvalue weighted by atomic mass is 10.00. The van der Waals surface area contributed by atoms with Gasteiger partial charge in [0.25, 0.3) is 5.91 Å². The lowest BCUT2D eigenvalue weighted by Crippen LogP contribution is -2.43. The summed E-state index contributed by atoms with van der Waals surface area (Å²) in [5.74, 6) is -2.89. The summed E-state index contributed by atoms with van der Waals surface area (Å²) < 4.78 is 63.8. The van der Waals surface area contributed by atoms with Gasteiger partial charge in [-0.2, -0.15) is 4.31 Å². The van der Waals surface area contributed by atoms with E-state index < -0.39 is 46.1 Å². The smallest absolute Gasteiger partial charge is 0.310 e. The van der Waals surface area contributed by atoms with E-state index in [1.165, 1.54) is 47.6 Å². The summed E-state index contributed by atoms with van der Waals surface area (Å²) in [6.07, 6.45) is 0.862. The molecule has 1 aliphatic rings. The number of nitrogens with zero attached hydrogens (tertiary/aromatic N) is 2. The first kappa shape index (κ1) is 25.6. The summed E-state index contributed by atoms with van der Waals surface area (Å²) in [6.45, 7) is -0.281. The molecule has 0 radical (unpaired) electrons. The molecule has 0 N–H and O–H groups in total. The molecule has 0 spiro atoms. The van der Waals surface area contributed by atoms with Crippen molar-refractivity contribution >= 4 is 21.9 Å². The zero-order valence-corrected chi connectivity index (χ0v) is 19.7. The van der Waals surface area contributed by atoms with Crippen molar-refractivity contribution in [3.8, 4) is 5.75 Å². The van der Waals surface area contributed by atoms with Gasteiger partial charge in [0.1, 0.15) is 5.82 Å². The summed E-state index contributed by atoms with van der Waals surface area (Å²) in [5, 5.41) is 0. The molecule has 11 heteroatoms. The van der Waals surface area contributed by atoms with Crippen LogP contribution in [0.3, 0.4) is 0 Å². The molecule has 0 aliphatic carbocycles. The van der Waals surface area contributed by atoms with Crippen molar-refractivity contribution in [2.45, 2.75) is 24.3 Å². The molecular formula is C23H26F2N2O6S. The molecule has 0 saturated carbocycles. The topological polar surface area (TPSA) is 93.2 Å². The average Bonchev–Trinajstić information content (AvgIpc) is 2.82. The third-order valence-electron chi connectivity index (χ3n) is 5.57. The van der Waals surface area contributed by atoms with Gasteiger partial charge in [-0.15, -0.1) is 0 Å². The van der Waals surface area contributed by atoms with E-state index >= 15 is 0 Å². The Hall–Kier alpha value is -3.05. The fourth-order valence-corrected chi connectivity index (χ4v) is 5.16. The van der Waals surface area contributed by atoms with E-state index in [9.17, 15) is 26.8 Å². The zero-order chi connectivity index (χ0) is 24.9. The Kier molecular flexibility index (Phi) is 8.21. The lowest BCUT2D eigenvalue weighted by molar-refractivity contribution is -0.156. The molecule has 1 unspecified atom stereocenters. The van der Waals surface area contributed by atoms with Gasteiger partial charge >= 0.3 is 5.97 Å². The minimum Gasteiger partial charge on any atom is -0.494 e. The number of benzene rings is 2. The Morgan fingerprint density at radius 1 is 1.15 bits per heavy atom. The van der Waals surface area contributed by atoms with Crippen LogP contribution in [0.15, 0.2) is 47.4 Å². The minimum atomic E-state index is -3.89. The van der Waals surface area contributed by atoms with E-state index in [-0.39, 0.29) is 30.3 Å². The largest absolute Gasteiger partial charge is 0.494 e. The van der Waals surface area contributed by atoms with Crippen molar-refractivity contribution in [2.75, 3.05) is 33.9 Å². The average molecular weight is 497 g/mol. The number of esters is 1. The summed E-state index contributed by atoms with van der Waals surface area (Å²) >= 11 is 0. The number of carbonyl (C=O) groups is 2. The van der Waals surface area contributed by atoms with Crippen LogP contribution in [0.25, 0.3) is 0 Å². The number of ether oxygens (including phenoxy) is 2. The summed E-state index contributed by atoms with van der Waals surface area (Å²) in [6, 6.07) is 8.81. The fraction of sp³-hybridized carbons (Fsp3) is 0.391. The molecule has 2 aromatic carbocycles. The fourth-order valence-electron chi connectivity index (χ4n) is 3.64. The van der Waals surface area contributed by atoms with Gasteiger partial charge in [0.15, 0.2) is 18.2 Å². The number of carbonyl (C=O) groups excluding carboxylic acids is 2. The Bertz CT molecular complexity index is 1140. The van der Waals surface area contributed by atoms with Crippen LogP contribution in [0.5, 0.6) is 5.75 Å². The van der Waals surface area contributed by atoms with Crippen molar-refractivity contribution in [3.05, 3.63) is 59.7 Å². The summed E-state index contributed by atoms with van der Waals surface area (Å²) in [4.78, 5) is 26.1. The highest BCUT2D eigenvalue weighted by molar-refractivity contribution is 7.89. The van der Waals surface area contributed by atoms with Crippen LogP contribution >= 0.6 is 0 Å². The Labute approximate surface area is 197 Å². The normalized spacial score (nSPS) is 16.6. The van der Waals surface area contributed by atoms with Gasteiger partial charge in [-0.3, -0.25) is 9.59 Å². The second-order valence-electron chi connectivity index (χ2n) is 7.98. The van der Waals surface area contributed by atoms with E-state index in [4.69, 9.17) is 9.47 Å². The summed E-state index contributed by atoms with van der Waals surface area (Å²) in [7, 11) is -1.04. The highest BCUT2D eigenvalue weighted by Crippen LogP contribution is 2.25. The number of rotatable bonds is 8. The van der Waals surface area contributed by atoms with E-state index in [1.54, 1.807) is 6.07 Å². The van der Waals surface area contributed by atoms with Crippen molar-refractivity contribution in [1.82, 2.24) is 9.21 Å². The van der Waals surface area contributed by atoms with Gasteiger partial charge < -0.3 is 14.4 Å². The molecule has 1 fully saturated rings. The van der Waals surface area contributed by atoms with Crippen LogP contribution in [0.4, 0.5) is 8.78 Å². The highest BCUT2D eigenvalue weighted by atomic mass is 32.2. The molecular weight excluding hydrogens is 470 g/mol. The van der Waals surface area contributed by atoms with Gasteiger partial charge in [-0.1, -0.05) is 6.07 Å². The number of likely N-dealkylation sites (N-methyl/N-ethyl adjacent to an activating group) is 1. The van der Waals surface area contributed by atoms with E-state index in [0.29, 0.717) is 18.4 Å². The monoisotopic (exact) mass is 496 g/mol. The standard InChI is InChI=1S/C23H26F2N2O6S/c1-26(13-16-5-10-21(32-2)20(25)12-16)22(28)15-33-23(29)17-4-3-11-27(14-17)34(30,31)19-8-6-18(24)7-9-19/h5-10,12,17H,3-4,11,13-15H2,1-2H3. The molecule has 1 amide bonds. The SMILES string of the molecule is COc1ccc(CN(C)C(=O)COC(=O)C2CCCN(S(=O)(=O)c3ccc(F)cc3)C2)cc1F. The Morgan fingerprint density at radius 2 is 1.85 bits per heavy atom. The minimum absolute atomic E-state index is 0.0605. The lowest BCUT2D eigenvalue weighted by Gasteiger charge is -2.30. The molecule has 34 heavy (non-hydrogen) atoms. The molecule has 1 saturated heterocycles. The number of piperidine rings is 1. The number of hydrogen-bond acceptors (Lipinski definition) is 6. The number of halogens is 2. The van der Waals surface area contributed by atoms with Crippen LogP contribution < -0.4 is 4.74 Å². The number of sulfonamides is 1. The van der Waals surface area contributed by atoms with Gasteiger partial charge in [-0.05, 0) is 54.8 Å². The number of amides is 1. The van der Waals surface area contributed by atoms with E-state index in [2.05, 4.69) is 0 Å². The molecule has 2 aromatic rings. The third kappa shape index (κ3) is 6.09. The predicted octanol–water partition coefficient (Wildman–Crippen LogP) is 2.58. The zero-order valence-electron chi connectivity index (χ0n) is 18.9. The van der Waals surface area contributed by atoms with Crippen LogP contribution in [-0.4, -0.2) is 63.4 Å². The van der Waals surface area contributed by atoms with Crippen molar-refractivity contribution in [2.24, 2.45) is 5.92 Å².